The van der Waals surface area contributed by atoms with E-state index in [1.165, 1.54) is 4.90 Å². The zero-order valence-electron chi connectivity index (χ0n) is 19.1. The summed E-state index contributed by atoms with van der Waals surface area (Å²) in [5.41, 5.74) is 0.786. The molecule has 1 fully saturated rings. The van der Waals surface area contributed by atoms with E-state index in [2.05, 4.69) is 5.32 Å². The van der Waals surface area contributed by atoms with Crippen LogP contribution in [0.25, 0.3) is 10.8 Å². The lowest BCUT2D eigenvalue weighted by Crippen LogP contribution is -2.50. The number of carbonyl (C=O) groups excluding carboxylic acids is 2. The van der Waals surface area contributed by atoms with Crippen LogP contribution in [0.1, 0.15) is 38.2 Å². The van der Waals surface area contributed by atoms with Crippen molar-refractivity contribution >= 4 is 45.8 Å². The van der Waals surface area contributed by atoms with Crippen LogP contribution < -0.4 is 10.1 Å². The van der Waals surface area contributed by atoms with Gasteiger partial charge in [0.15, 0.2) is 6.61 Å². The molecule has 1 aliphatic carbocycles. The van der Waals surface area contributed by atoms with Crippen LogP contribution in [0.5, 0.6) is 5.75 Å². The molecule has 1 saturated carbocycles. The Labute approximate surface area is 210 Å². The summed E-state index contributed by atoms with van der Waals surface area (Å²) >= 11 is 12.2. The number of nitrogens with one attached hydrogen (secondary N) is 1. The van der Waals surface area contributed by atoms with Crippen LogP contribution in [-0.4, -0.2) is 35.4 Å². The normalized spacial score (nSPS) is 14.7. The van der Waals surface area contributed by atoms with E-state index in [4.69, 9.17) is 27.9 Å². The van der Waals surface area contributed by atoms with Gasteiger partial charge in [-0.15, -0.1) is 0 Å². The average molecular weight is 499 g/mol. The van der Waals surface area contributed by atoms with Crippen molar-refractivity contribution in [1.29, 1.82) is 0 Å². The standard InChI is InChI=1S/C27H28Cl2N2O3/c1-18(27(33)30-21-9-3-4-10-21)31(16-19-13-14-23(28)24(29)15-19)26(32)17-34-25-12-6-8-20-7-2-5-11-22(20)25/h2,5-8,11-15,18,21H,3-4,9-10,16-17H2,1H3,(H,30,33)/t18-/m1/s1. The Bertz CT molecular complexity index is 1170. The van der Waals surface area contributed by atoms with E-state index in [-0.39, 0.29) is 31.0 Å². The van der Waals surface area contributed by atoms with Crippen molar-refractivity contribution in [3.63, 3.8) is 0 Å². The zero-order chi connectivity index (χ0) is 24.1. The maximum atomic E-state index is 13.4. The number of hydrogen-bond acceptors (Lipinski definition) is 3. The van der Waals surface area contributed by atoms with Gasteiger partial charge in [-0.2, -0.15) is 0 Å². The summed E-state index contributed by atoms with van der Waals surface area (Å²) in [7, 11) is 0. The van der Waals surface area contributed by atoms with Crippen LogP contribution >= 0.6 is 23.2 Å². The number of fused-ring (bicyclic) bond motifs is 1. The van der Waals surface area contributed by atoms with Crippen LogP contribution in [0, 0.1) is 0 Å². The van der Waals surface area contributed by atoms with Crippen molar-refractivity contribution in [2.75, 3.05) is 6.61 Å². The highest BCUT2D eigenvalue weighted by molar-refractivity contribution is 6.42. The summed E-state index contributed by atoms with van der Waals surface area (Å²) < 4.78 is 5.94. The van der Waals surface area contributed by atoms with Gasteiger partial charge in [-0.1, -0.05) is 78.5 Å². The quantitative estimate of drug-likeness (QED) is 0.414. The minimum absolute atomic E-state index is 0.162. The van der Waals surface area contributed by atoms with Crippen molar-refractivity contribution in [1.82, 2.24) is 10.2 Å². The van der Waals surface area contributed by atoms with Gasteiger partial charge in [-0.05, 0) is 48.9 Å². The predicted molar refractivity (Wildman–Crippen MR) is 136 cm³/mol. The summed E-state index contributed by atoms with van der Waals surface area (Å²) in [6.07, 6.45) is 4.18. The second kappa shape index (κ2) is 11.1. The molecule has 0 saturated heterocycles. The largest absolute Gasteiger partial charge is 0.483 e. The molecule has 0 heterocycles. The molecule has 5 nitrogen and oxygen atoms in total. The molecule has 0 aromatic heterocycles. The molecule has 0 spiro atoms. The van der Waals surface area contributed by atoms with Crippen molar-refractivity contribution in [3.05, 3.63) is 76.3 Å². The lowest BCUT2D eigenvalue weighted by Gasteiger charge is -2.30. The molecule has 1 atom stereocenters. The number of halogens is 2. The zero-order valence-corrected chi connectivity index (χ0v) is 20.6. The summed E-state index contributed by atoms with van der Waals surface area (Å²) in [6.45, 7) is 1.78. The van der Waals surface area contributed by atoms with Crippen LogP contribution in [0.4, 0.5) is 0 Å². The highest BCUT2D eigenvalue weighted by Gasteiger charge is 2.29. The first-order chi connectivity index (χ1) is 16.4. The number of amides is 2. The van der Waals surface area contributed by atoms with E-state index in [1.807, 2.05) is 48.5 Å². The van der Waals surface area contributed by atoms with Crippen LogP contribution in [0.15, 0.2) is 60.7 Å². The number of carbonyl (C=O) groups is 2. The number of ether oxygens (including phenoxy) is 1. The fraction of sp³-hybridized carbons (Fsp3) is 0.333. The van der Waals surface area contributed by atoms with Crippen molar-refractivity contribution in [3.8, 4) is 5.75 Å². The molecule has 178 valence electrons. The molecular weight excluding hydrogens is 471 g/mol. The van der Waals surface area contributed by atoms with Crippen LogP contribution in [0.2, 0.25) is 10.0 Å². The SMILES string of the molecule is C[C@H](C(=O)NC1CCCC1)N(Cc1ccc(Cl)c(Cl)c1)C(=O)COc1cccc2ccccc12. The molecule has 3 aromatic rings. The van der Waals surface area contributed by atoms with E-state index in [0.717, 1.165) is 42.0 Å². The second-order valence-electron chi connectivity index (χ2n) is 8.70. The molecule has 7 heteroatoms. The van der Waals surface area contributed by atoms with Gasteiger partial charge in [0.05, 0.1) is 10.0 Å². The maximum absolute atomic E-state index is 13.4. The Hall–Kier alpha value is -2.76. The van der Waals surface area contributed by atoms with Gasteiger partial charge in [0.25, 0.3) is 5.91 Å². The van der Waals surface area contributed by atoms with Gasteiger partial charge < -0.3 is 15.0 Å². The Balaban J connectivity index is 1.52. The predicted octanol–water partition coefficient (Wildman–Crippen LogP) is 6.00. The highest BCUT2D eigenvalue weighted by Crippen LogP contribution is 2.26. The van der Waals surface area contributed by atoms with Gasteiger partial charge in [0.2, 0.25) is 5.91 Å². The summed E-state index contributed by atoms with van der Waals surface area (Å²) in [6, 6.07) is 18.3. The van der Waals surface area contributed by atoms with Crippen molar-refractivity contribution in [2.45, 2.75) is 51.2 Å². The fourth-order valence-corrected chi connectivity index (χ4v) is 4.67. The third kappa shape index (κ3) is 5.83. The molecule has 0 unspecified atom stereocenters. The van der Waals surface area contributed by atoms with Gasteiger partial charge in [-0.25, -0.2) is 0 Å². The van der Waals surface area contributed by atoms with Crippen molar-refractivity contribution in [2.24, 2.45) is 0 Å². The smallest absolute Gasteiger partial charge is 0.261 e. The van der Waals surface area contributed by atoms with E-state index in [9.17, 15) is 9.59 Å². The Morgan fingerprint density at radius 2 is 1.76 bits per heavy atom. The fourth-order valence-electron chi connectivity index (χ4n) is 4.35. The molecule has 0 radical (unpaired) electrons. The number of rotatable bonds is 8. The monoisotopic (exact) mass is 498 g/mol. The van der Waals surface area contributed by atoms with E-state index >= 15 is 0 Å². The summed E-state index contributed by atoms with van der Waals surface area (Å²) in [4.78, 5) is 27.9. The van der Waals surface area contributed by atoms with Gasteiger partial charge >= 0.3 is 0 Å². The molecule has 2 amide bonds. The Morgan fingerprint density at radius 3 is 2.53 bits per heavy atom. The van der Waals surface area contributed by atoms with Crippen LogP contribution in [0.3, 0.4) is 0 Å². The third-order valence-corrected chi connectivity index (χ3v) is 7.05. The van der Waals surface area contributed by atoms with E-state index in [0.29, 0.717) is 15.8 Å². The first-order valence-corrected chi connectivity index (χ1v) is 12.3. The molecule has 0 bridgehead atoms. The van der Waals surface area contributed by atoms with E-state index in [1.54, 1.807) is 19.1 Å². The van der Waals surface area contributed by atoms with Crippen LogP contribution in [-0.2, 0) is 16.1 Å². The topological polar surface area (TPSA) is 58.6 Å². The molecule has 3 aromatic carbocycles. The average Bonchev–Trinajstić information content (AvgIpc) is 3.35. The lowest BCUT2D eigenvalue weighted by molar-refractivity contribution is -0.142. The summed E-state index contributed by atoms with van der Waals surface area (Å²) in [5, 5.41) is 5.90. The highest BCUT2D eigenvalue weighted by atomic mass is 35.5. The molecule has 1 aliphatic rings. The first-order valence-electron chi connectivity index (χ1n) is 11.6. The number of nitrogens with zero attached hydrogens (tertiary/aromatic N) is 1. The molecule has 34 heavy (non-hydrogen) atoms. The lowest BCUT2D eigenvalue weighted by atomic mass is 10.1. The van der Waals surface area contributed by atoms with Gasteiger partial charge in [-0.3, -0.25) is 9.59 Å². The molecule has 4 rings (SSSR count). The van der Waals surface area contributed by atoms with E-state index < -0.39 is 6.04 Å². The molecule has 1 N–H and O–H groups in total. The van der Waals surface area contributed by atoms with Crippen molar-refractivity contribution < 1.29 is 14.3 Å². The number of benzene rings is 3. The molecular formula is C27H28Cl2N2O3. The Kier molecular flexibility index (Phi) is 7.96. The molecule has 0 aliphatic heterocycles. The minimum Gasteiger partial charge on any atom is -0.483 e. The third-order valence-electron chi connectivity index (χ3n) is 6.31. The summed E-state index contributed by atoms with van der Waals surface area (Å²) in [5.74, 6) is 0.183. The number of hydrogen-bond donors (Lipinski definition) is 1. The first kappa shape index (κ1) is 24.4. The maximum Gasteiger partial charge on any atom is 0.261 e. The minimum atomic E-state index is -0.668. The second-order valence-corrected chi connectivity index (χ2v) is 9.52. The van der Waals surface area contributed by atoms with Gasteiger partial charge in [0.1, 0.15) is 11.8 Å². The Morgan fingerprint density at radius 1 is 1.03 bits per heavy atom. The van der Waals surface area contributed by atoms with Gasteiger partial charge in [0, 0.05) is 18.0 Å².